The van der Waals surface area contributed by atoms with Crippen molar-refractivity contribution in [1.82, 2.24) is 19.2 Å². The Labute approximate surface area is 245 Å². The lowest BCUT2D eigenvalue weighted by Gasteiger charge is -2.38. The third kappa shape index (κ3) is 6.01. The van der Waals surface area contributed by atoms with E-state index in [-0.39, 0.29) is 30.9 Å². The SMILES string of the molecule is COCCOC(=O)C1(OCCOC)CCC(c2nc3c(-c4ccn(-c5ccc(F)cc5)c4)cnn3c(N)c2Br)CC1. The zero-order valence-electron chi connectivity index (χ0n) is 23.0. The van der Waals surface area contributed by atoms with Gasteiger partial charge in [0.15, 0.2) is 11.2 Å². The smallest absolute Gasteiger partial charge is 0.338 e. The van der Waals surface area contributed by atoms with Gasteiger partial charge < -0.3 is 29.2 Å². The molecule has 3 heterocycles. The molecule has 0 atom stereocenters. The van der Waals surface area contributed by atoms with Gasteiger partial charge in [-0.05, 0) is 71.9 Å². The molecule has 5 rings (SSSR count). The van der Waals surface area contributed by atoms with E-state index in [4.69, 9.17) is 29.7 Å². The number of nitrogens with zero attached hydrogens (tertiary/aromatic N) is 4. The minimum Gasteiger partial charge on any atom is -0.461 e. The molecule has 218 valence electrons. The lowest BCUT2D eigenvalue weighted by Crippen LogP contribution is -2.46. The molecule has 10 nitrogen and oxygen atoms in total. The van der Waals surface area contributed by atoms with E-state index in [2.05, 4.69) is 21.0 Å². The van der Waals surface area contributed by atoms with E-state index in [0.29, 0.717) is 54.8 Å². The molecule has 0 unspecified atom stereocenters. The molecule has 1 saturated carbocycles. The minimum absolute atomic E-state index is 0.0363. The van der Waals surface area contributed by atoms with Gasteiger partial charge in [-0.1, -0.05) is 0 Å². The number of fused-ring (bicyclic) bond motifs is 1. The van der Waals surface area contributed by atoms with Crippen LogP contribution in [-0.4, -0.2) is 71.4 Å². The van der Waals surface area contributed by atoms with Crippen molar-refractivity contribution in [2.75, 3.05) is 46.4 Å². The highest BCUT2D eigenvalue weighted by Gasteiger charge is 2.45. The average Bonchev–Trinajstić information content (AvgIpc) is 3.64. The molecule has 0 bridgehead atoms. The van der Waals surface area contributed by atoms with Crippen LogP contribution in [0.15, 0.2) is 53.4 Å². The van der Waals surface area contributed by atoms with Crippen molar-refractivity contribution in [2.45, 2.75) is 37.2 Å². The van der Waals surface area contributed by atoms with Crippen LogP contribution in [-0.2, 0) is 23.7 Å². The van der Waals surface area contributed by atoms with Crippen molar-refractivity contribution in [3.63, 3.8) is 0 Å². The maximum absolute atomic E-state index is 13.4. The number of benzene rings is 1. The number of nitrogen functional groups attached to an aromatic ring is 1. The minimum atomic E-state index is -1.05. The predicted octanol–water partition coefficient (Wildman–Crippen LogP) is 4.92. The first-order chi connectivity index (χ1) is 19.9. The number of carbonyl (C=O) groups excluding carboxylic acids is 1. The normalized spacial score (nSPS) is 19.1. The molecule has 0 aliphatic heterocycles. The third-order valence-electron chi connectivity index (χ3n) is 7.52. The molecule has 0 saturated heterocycles. The Morgan fingerprint density at radius 2 is 1.80 bits per heavy atom. The second-order valence-corrected chi connectivity index (χ2v) is 10.8. The fourth-order valence-electron chi connectivity index (χ4n) is 5.25. The Morgan fingerprint density at radius 1 is 1.10 bits per heavy atom. The first kappa shape index (κ1) is 29.2. The number of ether oxygens (including phenoxy) is 4. The summed E-state index contributed by atoms with van der Waals surface area (Å²) in [7, 11) is 3.15. The Kier molecular flexibility index (Phi) is 9.03. The molecular formula is C29H33BrFN5O5. The molecule has 0 amide bonds. The van der Waals surface area contributed by atoms with E-state index in [1.54, 1.807) is 37.1 Å². The van der Waals surface area contributed by atoms with Gasteiger partial charge in [0.1, 0.15) is 18.2 Å². The molecule has 2 N–H and O–H groups in total. The van der Waals surface area contributed by atoms with Gasteiger partial charge >= 0.3 is 5.97 Å². The van der Waals surface area contributed by atoms with Crippen molar-refractivity contribution in [3.8, 4) is 16.8 Å². The summed E-state index contributed by atoms with van der Waals surface area (Å²) in [6, 6.07) is 8.25. The Bertz CT molecular complexity index is 1500. The van der Waals surface area contributed by atoms with E-state index >= 15 is 0 Å². The van der Waals surface area contributed by atoms with Gasteiger partial charge in [-0.2, -0.15) is 9.61 Å². The summed E-state index contributed by atoms with van der Waals surface area (Å²) in [5.41, 5.74) is 9.48. The lowest BCUT2D eigenvalue weighted by atomic mass is 9.77. The van der Waals surface area contributed by atoms with Gasteiger partial charge in [-0.3, -0.25) is 0 Å². The van der Waals surface area contributed by atoms with Crippen LogP contribution in [0.1, 0.15) is 37.3 Å². The quantitative estimate of drug-likeness (QED) is 0.184. The number of nitrogens with two attached hydrogens (primary N) is 1. The number of esters is 1. The van der Waals surface area contributed by atoms with Crippen molar-refractivity contribution >= 4 is 33.4 Å². The number of anilines is 1. The monoisotopic (exact) mass is 629 g/mol. The van der Waals surface area contributed by atoms with Crippen LogP contribution in [0.5, 0.6) is 0 Å². The van der Waals surface area contributed by atoms with Gasteiger partial charge in [0, 0.05) is 49.3 Å². The number of methoxy groups -OCH3 is 2. The summed E-state index contributed by atoms with van der Waals surface area (Å²) < 4.78 is 39.3. The summed E-state index contributed by atoms with van der Waals surface area (Å²) in [4.78, 5) is 18.1. The molecule has 1 aliphatic rings. The predicted molar refractivity (Wildman–Crippen MR) is 154 cm³/mol. The largest absolute Gasteiger partial charge is 0.461 e. The van der Waals surface area contributed by atoms with Crippen molar-refractivity contribution in [1.29, 1.82) is 0 Å². The number of carbonyl (C=O) groups is 1. The Morgan fingerprint density at radius 3 is 2.51 bits per heavy atom. The van der Waals surface area contributed by atoms with E-state index in [9.17, 15) is 9.18 Å². The topological polar surface area (TPSA) is 115 Å². The fraction of sp³-hybridized carbons (Fsp3) is 0.414. The van der Waals surface area contributed by atoms with Crippen LogP contribution in [0.2, 0.25) is 0 Å². The maximum Gasteiger partial charge on any atom is 0.338 e. The number of aromatic nitrogens is 4. The van der Waals surface area contributed by atoms with Gasteiger partial charge in [0.25, 0.3) is 0 Å². The first-order valence-electron chi connectivity index (χ1n) is 13.4. The third-order valence-corrected chi connectivity index (χ3v) is 8.33. The summed E-state index contributed by atoms with van der Waals surface area (Å²) in [5, 5.41) is 4.50. The highest BCUT2D eigenvalue weighted by Crippen LogP contribution is 2.44. The highest BCUT2D eigenvalue weighted by molar-refractivity contribution is 9.10. The second-order valence-electron chi connectivity index (χ2n) is 10.0. The molecule has 12 heteroatoms. The van der Waals surface area contributed by atoms with Crippen LogP contribution in [0.3, 0.4) is 0 Å². The fourth-order valence-corrected chi connectivity index (χ4v) is 5.83. The molecule has 41 heavy (non-hydrogen) atoms. The standard InChI is InChI=1S/C29H33BrFN5O5/c1-38-13-15-40-28(37)29(41-16-14-39-2)10-7-19(8-11-29)25-24(30)26(32)36-27(34-25)23(17-33-36)20-9-12-35(18-20)22-5-3-21(31)4-6-22/h3-6,9,12,17-19H,7-8,10-11,13-16,32H2,1-2H3. The van der Waals surface area contributed by atoms with Crippen molar-refractivity contribution in [3.05, 3.63) is 64.9 Å². The van der Waals surface area contributed by atoms with Gasteiger partial charge in [-0.15, -0.1) is 0 Å². The Balaban J connectivity index is 1.40. The van der Waals surface area contributed by atoms with Gasteiger partial charge in [0.05, 0.1) is 36.2 Å². The molecule has 3 aromatic heterocycles. The molecule has 1 aromatic carbocycles. The highest BCUT2D eigenvalue weighted by atomic mass is 79.9. The van der Waals surface area contributed by atoms with E-state index < -0.39 is 5.60 Å². The zero-order valence-corrected chi connectivity index (χ0v) is 24.6. The van der Waals surface area contributed by atoms with E-state index in [1.807, 2.05) is 23.0 Å². The number of hydrogen-bond donors (Lipinski definition) is 1. The van der Waals surface area contributed by atoms with Crippen LogP contribution >= 0.6 is 15.9 Å². The van der Waals surface area contributed by atoms with Gasteiger partial charge in [-0.25, -0.2) is 14.2 Å². The van der Waals surface area contributed by atoms with Crippen LogP contribution < -0.4 is 5.73 Å². The number of rotatable bonds is 11. The Hall–Kier alpha value is -3.32. The number of halogens is 2. The summed E-state index contributed by atoms with van der Waals surface area (Å²) in [5.74, 6) is -0.184. The molecule has 4 aromatic rings. The summed E-state index contributed by atoms with van der Waals surface area (Å²) >= 11 is 3.66. The summed E-state index contributed by atoms with van der Waals surface area (Å²) in [6.45, 7) is 1.16. The molecule has 0 radical (unpaired) electrons. The molecule has 0 spiro atoms. The first-order valence-corrected chi connectivity index (χ1v) is 14.2. The van der Waals surface area contributed by atoms with Crippen molar-refractivity contribution in [2.24, 2.45) is 0 Å². The zero-order chi connectivity index (χ0) is 29.0. The number of hydrogen-bond acceptors (Lipinski definition) is 8. The van der Waals surface area contributed by atoms with Crippen molar-refractivity contribution < 1.29 is 28.1 Å². The summed E-state index contributed by atoms with van der Waals surface area (Å²) in [6.07, 6.45) is 7.84. The van der Waals surface area contributed by atoms with Crippen LogP contribution in [0.4, 0.5) is 10.2 Å². The van der Waals surface area contributed by atoms with Crippen LogP contribution in [0, 0.1) is 5.82 Å². The average molecular weight is 631 g/mol. The second kappa shape index (κ2) is 12.7. The molecule has 1 aliphatic carbocycles. The lowest BCUT2D eigenvalue weighted by molar-refractivity contribution is -0.180. The maximum atomic E-state index is 13.4. The van der Waals surface area contributed by atoms with Gasteiger partial charge in [0.2, 0.25) is 0 Å². The van der Waals surface area contributed by atoms with E-state index in [1.165, 1.54) is 12.1 Å². The molecular weight excluding hydrogens is 597 g/mol. The molecule has 1 fully saturated rings. The van der Waals surface area contributed by atoms with E-state index in [0.717, 1.165) is 22.5 Å². The van der Waals surface area contributed by atoms with Crippen LogP contribution in [0.25, 0.3) is 22.5 Å².